The van der Waals surface area contributed by atoms with E-state index >= 15 is 0 Å². The molecular formula is C13H17BrFNO. The number of hydrogen-bond acceptors (Lipinski definition) is 2. The van der Waals surface area contributed by atoms with E-state index in [1.54, 1.807) is 6.07 Å². The van der Waals surface area contributed by atoms with Gasteiger partial charge in [0.25, 0.3) is 0 Å². The predicted molar refractivity (Wildman–Crippen MR) is 70.0 cm³/mol. The van der Waals surface area contributed by atoms with E-state index in [4.69, 9.17) is 4.74 Å². The molecule has 17 heavy (non-hydrogen) atoms. The van der Waals surface area contributed by atoms with Crippen LogP contribution in [0, 0.1) is 5.82 Å². The summed E-state index contributed by atoms with van der Waals surface area (Å²) in [5.74, 6) is -0.0157. The molecular weight excluding hydrogens is 285 g/mol. The highest BCUT2D eigenvalue weighted by molar-refractivity contribution is 9.10. The topological polar surface area (TPSA) is 21.3 Å². The van der Waals surface area contributed by atoms with Gasteiger partial charge in [0.15, 0.2) is 11.6 Å². The molecule has 1 saturated heterocycles. The van der Waals surface area contributed by atoms with E-state index < -0.39 is 0 Å². The van der Waals surface area contributed by atoms with Gasteiger partial charge in [-0.15, -0.1) is 0 Å². The van der Waals surface area contributed by atoms with Crippen molar-refractivity contribution in [3.05, 3.63) is 28.0 Å². The van der Waals surface area contributed by atoms with Crippen LogP contribution in [0.2, 0.25) is 0 Å². The van der Waals surface area contributed by atoms with Gasteiger partial charge in [-0.2, -0.15) is 0 Å². The highest BCUT2D eigenvalue weighted by atomic mass is 79.9. The Morgan fingerprint density at radius 1 is 1.47 bits per heavy atom. The molecule has 0 spiro atoms. The van der Waals surface area contributed by atoms with Gasteiger partial charge in [0.1, 0.15) is 0 Å². The third-order valence-electron chi connectivity index (χ3n) is 3.17. The molecule has 0 bridgehead atoms. The van der Waals surface area contributed by atoms with Crippen molar-refractivity contribution >= 4 is 15.9 Å². The van der Waals surface area contributed by atoms with Crippen molar-refractivity contribution in [3.8, 4) is 5.75 Å². The molecule has 2 rings (SSSR count). The van der Waals surface area contributed by atoms with Gasteiger partial charge in [-0.05, 0) is 59.4 Å². The largest absolute Gasteiger partial charge is 0.494 e. The first kappa shape index (κ1) is 12.8. The number of methoxy groups -OCH3 is 1. The van der Waals surface area contributed by atoms with Crippen molar-refractivity contribution < 1.29 is 9.13 Å². The van der Waals surface area contributed by atoms with Crippen LogP contribution in [0.3, 0.4) is 0 Å². The molecule has 1 aromatic carbocycles. The van der Waals surface area contributed by atoms with Crippen LogP contribution >= 0.6 is 15.9 Å². The third-order valence-corrected chi connectivity index (χ3v) is 3.75. The highest BCUT2D eigenvalue weighted by Gasteiger charge is 2.15. The molecule has 94 valence electrons. The minimum atomic E-state index is -0.326. The molecule has 2 nitrogen and oxygen atoms in total. The van der Waals surface area contributed by atoms with Crippen LogP contribution in [0.1, 0.15) is 24.8 Å². The number of ether oxygens (including phenoxy) is 1. The van der Waals surface area contributed by atoms with Crippen LogP contribution in [-0.2, 0) is 6.42 Å². The van der Waals surface area contributed by atoms with Gasteiger partial charge >= 0.3 is 0 Å². The number of halogens is 2. The maximum atomic E-state index is 13.6. The monoisotopic (exact) mass is 301 g/mol. The molecule has 0 saturated carbocycles. The Hall–Kier alpha value is -0.610. The van der Waals surface area contributed by atoms with Gasteiger partial charge in [0.05, 0.1) is 11.6 Å². The first-order valence-electron chi connectivity index (χ1n) is 5.96. The molecule has 1 unspecified atom stereocenters. The fourth-order valence-corrected chi connectivity index (χ4v) is 2.76. The molecule has 0 radical (unpaired) electrons. The lowest BCUT2D eigenvalue weighted by Crippen LogP contribution is -2.35. The lowest BCUT2D eigenvalue weighted by Gasteiger charge is -2.23. The Bertz CT molecular complexity index is 391. The van der Waals surface area contributed by atoms with E-state index in [2.05, 4.69) is 21.2 Å². The molecule has 1 N–H and O–H groups in total. The van der Waals surface area contributed by atoms with Gasteiger partial charge in [-0.3, -0.25) is 0 Å². The Labute approximate surface area is 110 Å². The van der Waals surface area contributed by atoms with Crippen molar-refractivity contribution in [2.45, 2.75) is 31.7 Å². The van der Waals surface area contributed by atoms with Gasteiger partial charge in [-0.25, -0.2) is 4.39 Å². The zero-order chi connectivity index (χ0) is 12.3. The molecule has 1 aliphatic rings. The van der Waals surface area contributed by atoms with E-state index in [1.807, 2.05) is 6.07 Å². The van der Waals surface area contributed by atoms with Crippen LogP contribution in [0.15, 0.2) is 16.6 Å². The molecule has 1 atom stereocenters. The number of rotatable bonds is 3. The quantitative estimate of drug-likeness (QED) is 0.925. The average molecular weight is 302 g/mol. The van der Waals surface area contributed by atoms with Crippen LogP contribution in [-0.4, -0.2) is 19.7 Å². The Morgan fingerprint density at radius 2 is 2.29 bits per heavy atom. The van der Waals surface area contributed by atoms with Crippen LogP contribution < -0.4 is 10.1 Å². The number of piperidine rings is 1. The lowest BCUT2D eigenvalue weighted by atomic mass is 9.98. The zero-order valence-corrected chi connectivity index (χ0v) is 11.5. The summed E-state index contributed by atoms with van der Waals surface area (Å²) < 4.78 is 19.1. The summed E-state index contributed by atoms with van der Waals surface area (Å²) in [4.78, 5) is 0. The molecule has 0 aliphatic carbocycles. The molecule has 1 fully saturated rings. The lowest BCUT2D eigenvalue weighted by molar-refractivity contribution is 0.381. The summed E-state index contributed by atoms with van der Waals surface area (Å²) in [6.07, 6.45) is 4.65. The summed E-state index contributed by atoms with van der Waals surface area (Å²) >= 11 is 3.23. The van der Waals surface area contributed by atoms with Crippen molar-refractivity contribution in [2.24, 2.45) is 0 Å². The maximum Gasteiger partial charge on any atom is 0.179 e. The van der Waals surface area contributed by atoms with E-state index in [9.17, 15) is 4.39 Å². The van der Waals surface area contributed by atoms with Crippen molar-refractivity contribution in [1.29, 1.82) is 0 Å². The SMILES string of the molecule is COc1cc(CC2CCCCN2)cc(Br)c1F. The second-order valence-corrected chi connectivity index (χ2v) is 5.30. The van der Waals surface area contributed by atoms with Crippen molar-refractivity contribution in [2.75, 3.05) is 13.7 Å². The van der Waals surface area contributed by atoms with Crippen molar-refractivity contribution in [3.63, 3.8) is 0 Å². The smallest absolute Gasteiger partial charge is 0.179 e. The number of benzene rings is 1. The Balaban J connectivity index is 2.12. The summed E-state index contributed by atoms with van der Waals surface area (Å²) in [5, 5.41) is 3.49. The van der Waals surface area contributed by atoms with Gasteiger partial charge < -0.3 is 10.1 Å². The normalized spacial score (nSPS) is 20.3. The van der Waals surface area contributed by atoms with Gasteiger partial charge in [0.2, 0.25) is 0 Å². The standard InChI is InChI=1S/C13H17BrFNO/c1-17-12-8-9(7-11(14)13(12)15)6-10-4-2-3-5-16-10/h7-8,10,16H,2-6H2,1H3. The Kier molecular flexibility index (Phi) is 4.40. The van der Waals surface area contributed by atoms with Crippen molar-refractivity contribution in [1.82, 2.24) is 5.32 Å². The second-order valence-electron chi connectivity index (χ2n) is 4.44. The zero-order valence-electron chi connectivity index (χ0n) is 9.93. The molecule has 1 aromatic rings. The molecule has 4 heteroatoms. The molecule has 0 aromatic heterocycles. The van der Waals surface area contributed by atoms with E-state index in [-0.39, 0.29) is 5.82 Å². The maximum absolute atomic E-state index is 13.6. The minimum Gasteiger partial charge on any atom is -0.494 e. The molecule has 1 heterocycles. The second kappa shape index (κ2) is 5.83. The van der Waals surface area contributed by atoms with Gasteiger partial charge in [-0.1, -0.05) is 6.42 Å². The number of hydrogen-bond donors (Lipinski definition) is 1. The molecule has 0 amide bonds. The fraction of sp³-hybridized carbons (Fsp3) is 0.538. The van der Waals surface area contributed by atoms with Gasteiger partial charge in [0, 0.05) is 6.04 Å². The van der Waals surface area contributed by atoms with E-state index in [0.717, 1.165) is 18.5 Å². The first-order chi connectivity index (χ1) is 8.20. The number of nitrogens with one attached hydrogen (secondary N) is 1. The summed E-state index contributed by atoms with van der Waals surface area (Å²) in [5.41, 5.74) is 1.11. The van der Waals surface area contributed by atoms with Crippen LogP contribution in [0.4, 0.5) is 4.39 Å². The fourth-order valence-electron chi connectivity index (χ4n) is 2.27. The first-order valence-corrected chi connectivity index (χ1v) is 6.75. The summed E-state index contributed by atoms with van der Waals surface area (Å²) in [7, 11) is 1.49. The third kappa shape index (κ3) is 3.19. The van der Waals surface area contributed by atoms with E-state index in [0.29, 0.717) is 16.3 Å². The van der Waals surface area contributed by atoms with Crippen LogP contribution in [0.25, 0.3) is 0 Å². The highest BCUT2D eigenvalue weighted by Crippen LogP contribution is 2.28. The minimum absolute atomic E-state index is 0.310. The van der Waals surface area contributed by atoms with E-state index in [1.165, 1.54) is 26.4 Å². The summed E-state index contributed by atoms with van der Waals surface area (Å²) in [6.45, 7) is 1.09. The Morgan fingerprint density at radius 3 is 2.94 bits per heavy atom. The molecule has 1 aliphatic heterocycles. The summed E-state index contributed by atoms with van der Waals surface area (Å²) in [6, 6.07) is 4.13. The van der Waals surface area contributed by atoms with Crippen LogP contribution in [0.5, 0.6) is 5.75 Å². The predicted octanol–water partition coefficient (Wildman–Crippen LogP) is 3.28. The average Bonchev–Trinajstić information content (AvgIpc) is 2.35.